The lowest BCUT2D eigenvalue weighted by molar-refractivity contribution is -0.117. The van der Waals surface area contributed by atoms with Gasteiger partial charge in [0, 0.05) is 24.1 Å². The van der Waals surface area contributed by atoms with Crippen molar-refractivity contribution in [2.24, 2.45) is 5.92 Å². The Morgan fingerprint density at radius 2 is 2.28 bits per heavy atom. The first-order valence-electron chi connectivity index (χ1n) is 8.92. The normalized spacial score (nSPS) is 22.4. The smallest absolute Gasteiger partial charge is 0.262 e. The van der Waals surface area contributed by atoms with Gasteiger partial charge in [-0.15, -0.1) is 0 Å². The molecule has 0 aliphatic carbocycles. The van der Waals surface area contributed by atoms with Crippen LogP contribution in [0.3, 0.4) is 0 Å². The molecule has 134 valence electrons. The van der Waals surface area contributed by atoms with Crippen molar-refractivity contribution in [2.75, 3.05) is 31.5 Å². The summed E-state index contributed by atoms with van der Waals surface area (Å²) in [5.41, 5.74) is 0.797. The van der Waals surface area contributed by atoms with Crippen molar-refractivity contribution in [1.82, 2.24) is 10.2 Å². The number of para-hydroxylation sites is 1. The third-order valence-corrected chi connectivity index (χ3v) is 5.63. The van der Waals surface area contributed by atoms with E-state index in [0.29, 0.717) is 11.4 Å². The molecule has 1 aromatic carbocycles. The van der Waals surface area contributed by atoms with Crippen LogP contribution in [0.2, 0.25) is 0 Å². The minimum Gasteiger partial charge on any atom is -0.352 e. The molecule has 2 amide bonds. The first kappa shape index (κ1) is 18.0. The largest absolute Gasteiger partial charge is 0.352 e. The molecule has 2 aliphatic heterocycles. The van der Waals surface area contributed by atoms with Gasteiger partial charge in [-0.25, -0.2) is 0 Å². The van der Waals surface area contributed by atoms with E-state index in [1.807, 2.05) is 24.3 Å². The van der Waals surface area contributed by atoms with Crippen LogP contribution in [0.1, 0.15) is 26.2 Å². The van der Waals surface area contributed by atoms with Crippen molar-refractivity contribution >= 4 is 29.3 Å². The van der Waals surface area contributed by atoms with Crippen molar-refractivity contribution in [2.45, 2.75) is 31.1 Å². The molecule has 1 saturated heterocycles. The predicted octanol–water partition coefficient (Wildman–Crippen LogP) is 2.85. The molecule has 5 nitrogen and oxygen atoms in total. The van der Waals surface area contributed by atoms with Crippen LogP contribution >= 0.6 is 11.8 Å². The number of benzene rings is 1. The van der Waals surface area contributed by atoms with Crippen molar-refractivity contribution in [3.05, 3.63) is 35.2 Å². The van der Waals surface area contributed by atoms with Gasteiger partial charge in [-0.05, 0) is 50.4 Å². The van der Waals surface area contributed by atoms with E-state index in [4.69, 9.17) is 0 Å². The van der Waals surface area contributed by atoms with Gasteiger partial charge < -0.3 is 15.5 Å². The molecule has 2 heterocycles. The highest BCUT2D eigenvalue weighted by atomic mass is 32.2. The third kappa shape index (κ3) is 5.09. The maximum Gasteiger partial charge on any atom is 0.262 e. The van der Waals surface area contributed by atoms with Gasteiger partial charge in [0.25, 0.3) is 5.91 Å². The molecule has 0 aromatic heterocycles. The minimum atomic E-state index is -0.221. The van der Waals surface area contributed by atoms with Gasteiger partial charge >= 0.3 is 0 Å². The number of rotatable bonds is 5. The average Bonchev–Trinajstić information content (AvgIpc) is 2.59. The molecule has 6 heteroatoms. The Balaban J connectivity index is 1.44. The Kier molecular flexibility index (Phi) is 6.15. The first-order chi connectivity index (χ1) is 12.1. The maximum atomic E-state index is 12.1. The highest BCUT2D eigenvalue weighted by Gasteiger charge is 2.21. The van der Waals surface area contributed by atoms with Crippen LogP contribution in [0.15, 0.2) is 40.1 Å². The van der Waals surface area contributed by atoms with E-state index in [9.17, 15) is 9.59 Å². The standard InChI is InChI=1S/C19H25N3O2S/c1-14-6-4-10-22(13-14)11-5-9-20-18(23)12-17-19(24)21-15-7-2-3-8-16(15)25-17/h2-3,7-8,12,14H,4-6,9-11,13H2,1H3,(H,20,23)(H,21,24)/b17-12-/t14-/m0/s1. The van der Waals surface area contributed by atoms with Crippen molar-refractivity contribution in [3.63, 3.8) is 0 Å². The number of thioether (sulfide) groups is 1. The van der Waals surface area contributed by atoms with Gasteiger partial charge in [0.1, 0.15) is 0 Å². The van der Waals surface area contributed by atoms with Crippen LogP contribution in [-0.4, -0.2) is 42.9 Å². The molecule has 25 heavy (non-hydrogen) atoms. The van der Waals surface area contributed by atoms with E-state index in [0.717, 1.165) is 36.0 Å². The summed E-state index contributed by atoms with van der Waals surface area (Å²) in [7, 11) is 0. The minimum absolute atomic E-state index is 0.205. The average molecular weight is 359 g/mol. The quantitative estimate of drug-likeness (QED) is 0.627. The van der Waals surface area contributed by atoms with Gasteiger partial charge in [0.05, 0.1) is 10.6 Å². The fourth-order valence-corrected chi connectivity index (χ4v) is 4.20. The monoisotopic (exact) mass is 359 g/mol. The van der Waals surface area contributed by atoms with Gasteiger partial charge in [-0.1, -0.05) is 30.8 Å². The summed E-state index contributed by atoms with van der Waals surface area (Å²) in [4.78, 5) is 28.0. The molecule has 0 bridgehead atoms. The van der Waals surface area contributed by atoms with E-state index < -0.39 is 0 Å². The molecule has 1 fully saturated rings. The number of fused-ring (bicyclic) bond motifs is 1. The number of anilines is 1. The molecule has 0 unspecified atom stereocenters. The molecule has 0 spiro atoms. The van der Waals surface area contributed by atoms with E-state index >= 15 is 0 Å². The van der Waals surface area contributed by atoms with Crippen LogP contribution in [0.25, 0.3) is 0 Å². The number of piperidine rings is 1. The fraction of sp³-hybridized carbons (Fsp3) is 0.474. The second kappa shape index (κ2) is 8.54. The molecule has 0 radical (unpaired) electrons. The molecule has 3 rings (SSSR count). The summed E-state index contributed by atoms with van der Waals surface area (Å²) in [5, 5.41) is 5.70. The maximum absolute atomic E-state index is 12.1. The van der Waals surface area contributed by atoms with Crippen LogP contribution in [0.4, 0.5) is 5.69 Å². The van der Waals surface area contributed by atoms with E-state index in [2.05, 4.69) is 22.5 Å². The van der Waals surface area contributed by atoms with E-state index in [1.165, 1.54) is 37.2 Å². The van der Waals surface area contributed by atoms with Gasteiger partial charge in [0.15, 0.2) is 0 Å². The second-order valence-electron chi connectivity index (χ2n) is 6.75. The summed E-state index contributed by atoms with van der Waals surface area (Å²) in [5.74, 6) is 0.350. The lowest BCUT2D eigenvalue weighted by atomic mass is 10.0. The summed E-state index contributed by atoms with van der Waals surface area (Å²) in [6.45, 7) is 6.28. The Morgan fingerprint density at radius 3 is 3.12 bits per heavy atom. The number of hydrogen-bond acceptors (Lipinski definition) is 4. The second-order valence-corrected chi connectivity index (χ2v) is 7.84. The zero-order valence-electron chi connectivity index (χ0n) is 14.6. The number of carbonyl (C=O) groups is 2. The third-order valence-electron chi connectivity index (χ3n) is 4.53. The van der Waals surface area contributed by atoms with E-state index in [1.54, 1.807) is 0 Å². The SMILES string of the molecule is C[C@H]1CCCN(CCCNC(=O)/C=C2\Sc3ccccc3NC2=O)C1. The van der Waals surface area contributed by atoms with Crippen LogP contribution in [-0.2, 0) is 9.59 Å². The summed E-state index contributed by atoms with van der Waals surface area (Å²) in [6, 6.07) is 7.59. The molecular formula is C19H25N3O2S. The number of hydrogen-bond donors (Lipinski definition) is 2. The predicted molar refractivity (Wildman–Crippen MR) is 101 cm³/mol. The zero-order valence-corrected chi connectivity index (χ0v) is 15.4. The number of nitrogens with zero attached hydrogens (tertiary/aromatic N) is 1. The number of amides is 2. The molecule has 0 saturated carbocycles. The Hall–Kier alpha value is -1.79. The molecular weight excluding hydrogens is 334 g/mol. The van der Waals surface area contributed by atoms with Crippen LogP contribution in [0, 0.1) is 5.92 Å². The van der Waals surface area contributed by atoms with Crippen LogP contribution < -0.4 is 10.6 Å². The summed E-state index contributed by atoms with van der Waals surface area (Å²) in [6.07, 6.45) is 4.93. The fourth-order valence-electron chi connectivity index (χ4n) is 3.28. The topological polar surface area (TPSA) is 61.4 Å². The summed E-state index contributed by atoms with van der Waals surface area (Å²) < 4.78 is 0. The van der Waals surface area contributed by atoms with Crippen molar-refractivity contribution < 1.29 is 9.59 Å². The molecule has 1 atom stereocenters. The Morgan fingerprint density at radius 1 is 1.44 bits per heavy atom. The number of carbonyl (C=O) groups excluding carboxylic acids is 2. The highest BCUT2D eigenvalue weighted by Crippen LogP contribution is 2.37. The van der Waals surface area contributed by atoms with Gasteiger partial charge in [-0.2, -0.15) is 0 Å². The number of nitrogens with one attached hydrogen (secondary N) is 2. The van der Waals surface area contributed by atoms with Crippen molar-refractivity contribution in [3.8, 4) is 0 Å². The first-order valence-corrected chi connectivity index (χ1v) is 9.73. The van der Waals surface area contributed by atoms with Crippen LogP contribution in [0.5, 0.6) is 0 Å². The van der Waals surface area contributed by atoms with Gasteiger partial charge in [-0.3, -0.25) is 9.59 Å². The summed E-state index contributed by atoms with van der Waals surface area (Å²) >= 11 is 1.34. The van der Waals surface area contributed by atoms with Gasteiger partial charge in [0.2, 0.25) is 5.91 Å². The molecule has 1 aromatic rings. The number of likely N-dealkylation sites (tertiary alicyclic amines) is 1. The molecule has 2 N–H and O–H groups in total. The Labute approximate surface area is 153 Å². The molecule has 2 aliphatic rings. The zero-order chi connectivity index (χ0) is 17.6. The lowest BCUT2D eigenvalue weighted by Gasteiger charge is -2.30. The van der Waals surface area contributed by atoms with E-state index in [-0.39, 0.29) is 11.8 Å². The van der Waals surface area contributed by atoms with Crippen molar-refractivity contribution in [1.29, 1.82) is 0 Å². The Bertz CT molecular complexity index is 674. The highest BCUT2D eigenvalue weighted by molar-refractivity contribution is 8.04. The lowest BCUT2D eigenvalue weighted by Crippen LogP contribution is -2.36.